The van der Waals surface area contributed by atoms with E-state index in [-0.39, 0.29) is 5.75 Å². The van der Waals surface area contributed by atoms with Gasteiger partial charge in [0.25, 0.3) is 0 Å². The van der Waals surface area contributed by atoms with Gasteiger partial charge in [-0.15, -0.1) is 0 Å². The Bertz CT molecular complexity index is 898. The predicted molar refractivity (Wildman–Crippen MR) is 87.5 cm³/mol. The highest BCUT2D eigenvalue weighted by Gasteiger charge is 2.63. The quantitative estimate of drug-likeness (QED) is 0.683. The number of carboxylic acids is 1. The van der Waals surface area contributed by atoms with E-state index in [1.54, 1.807) is 48.5 Å². The Morgan fingerprint density at radius 1 is 0.962 bits per heavy atom. The maximum Gasteiger partial charge on any atom is 0.244 e. The van der Waals surface area contributed by atoms with Crippen LogP contribution in [-0.4, -0.2) is 28.9 Å². The minimum atomic E-state index is -1.39. The topological polar surface area (TPSA) is 114 Å². The van der Waals surface area contributed by atoms with Crippen molar-refractivity contribution in [1.29, 1.82) is 0 Å². The van der Waals surface area contributed by atoms with Gasteiger partial charge in [-0.05, 0) is 24.3 Å². The van der Waals surface area contributed by atoms with E-state index >= 15 is 0 Å². The molecule has 0 aliphatic carbocycles. The highest BCUT2D eigenvalue weighted by Crippen LogP contribution is 2.43. The summed E-state index contributed by atoms with van der Waals surface area (Å²) in [6.45, 7) is 0. The normalized spacial score (nSPS) is 27.6. The predicted octanol–water partition coefficient (Wildman–Crippen LogP) is -1.07. The Kier molecular flexibility index (Phi) is 3.73. The molecule has 2 aromatic carbocycles. The average molecular weight is 352 g/mol. The van der Waals surface area contributed by atoms with E-state index in [2.05, 4.69) is 0 Å². The number of carbonyl (C=O) groups excluding carboxylic acids is 3. The Labute approximate surface area is 148 Å². The Hall–Kier alpha value is -3.19. The third-order valence-electron chi connectivity index (χ3n) is 5.17. The monoisotopic (exact) mass is 352 g/mol. The van der Waals surface area contributed by atoms with Gasteiger partial charge in [0.2, 0.25) is 11.8 Å². The number of aliphatic carboxylic acids is 1. The van der Waals surface area contributed by atoms with E-state index in [1.807, 2.05) is 0 Å². The highest BCUT2D eigenvalue weighted by atomic mass is 16.4. The van der Waals surface area contributed by atoms with Gasteiger partial charge >= 0.3 is 0 Å². The molecule has 26 heavy (non-hydrogen) atoms. The van der Waals surface area contributed by atoms with E-state index < -0.39 is 41.7 Å². The molecule has 7 nitrogen and oxygen atoms in total. The zero-order chi connectivity index (χ0) is 18.4. The summed E-state index contributed by atoms with van der Waals surface area (Å²) in [7, 11) is 0. The van der Waals surface area contributed by atoms with E-state index in [0.717, 1.165) is 4.90 Å². The van der Waals surface area contributed by atoms with Crippen LogP contribution in [0.5, 0.6) is 5.75 Å². The number of hydrogen-bond donors (Lipinski definition) is 2. The third-order valence-corrected chi connectivity index (χ3v) is 5.17. The van der Waals surface area contributed by atoms with Crippen molar-refractivity contribution < 1.29 is 29.9 Å². The van der Waals surface area contributed by atoms with Crippen LogP contribution in [0.4, 0.5) is 5.69 Å². The first-order valence-corrected chi connectivity index (χ1v) is 8.27. The number of para-hydroxylation sites is 2. The molecule has 132 valence electrons. The summed E-state index contributed by atoms with van der Waals surface area (Å²) >= 11 is 0. The van der Waals surface area contributed by atoms with Gasteiger partial charge in [0.05, 0.1) is 11.3 Å². The minimum absolute atomic E-state index is 0.0371. The summed E-state index contributed by atoms with van der Waals surface area (Å²) in [5.41, 5.74) is 0.840. The van der Waals surface area contributed by atoms with Crippen molar-refractivity contribution in [2.24, 2.45) is 11.8 Å². The second-order valence-electron chi connectivity index (χ2n) is 6.52. The molecule has 0 aromatic heterocycles. The smallest absolute Gasteiger partial charge is 0.244 e. The molecule has 0 unspecified atom stereocenters. The molecule has 2 aliphatic rings. The lowest BCUT2D eigenvalue weighted by Crippen LogP contribution is -2.92. The average Bonchev–Trinajstić information content (AvgIpc) is 3.14. The van der Waals surface area contributed by atoms with Gasteiger partial charge in [-0.25, -0.2) is 4.90 Å². The van der Waals surface area contributed by atoms with Crippen LogP contribution < -0.4 is 15.3 Å². The van der Waals surface area contributed by atoms with Crippen molar-refractivity contribution in [3.8, 4) is 5.75 Å². The largest absolute Gasteiger partial charge is 0.544 e. The maximum atomic E-state index is 13.1. The summed E-state index contributed by atoms with van der Waals surface area (Å²) in [6, 6.07) is 13.0. The van der Waals surface area contributed by atoms with Gasteiger partial charge in [-0.3, -0.25) is 9.59 Å². The van der Waals surface area contributed by atoms with Gasteiger partial charge in [0.1, 0.15) is 35.6 Å². The summed E-state index contributed by atoms with van der Waals surface area (Å²) in [4.78, 5) is 38.6. The van der Waals surface area contributed by atoms with E-state index in [1.165, 1.54) is 11.4 Å². The van der Waals surface area contributed by atoms with Crippen LogP contribution in [-0.2, 0) is 14.4 Å². The van der Waals surface area contributed by atoms with Gasteiger partial charge in [-0.1, -0.05) is 30.3 Å². The van der Waals surface area contributed by atoms with Gasteiger partial charge in [-0.2, -0.15) is 0 Å². The molecule has 0 radical (unpaired) electrons. The molecule has 2 saturated heterocycles. The fraction of sp³-hybridized carbons (Fsp3) is 0.211. The number of imide groups is 1. The fourth-order valence-corrected chi connectivity index (χ4v) is 4.05. The molecule has 7 heteroatoms. The van der Waals surface area contributed by atoms with Crippen molar-refractivity contribution >= 4 is 23.5 Å². The number of aromatic hydroxyl groups is 1. The fourth-order valence-electron chi connectivity index (χ4n) is 4.05. The number of anilines is 1. The lowest BCUT2D eigenvalue weighted by atomic mass is 9.86. The number of benzene rings is 2. The van der Waals surface area contributed by atoms with Crippen molar-refractivity contribution in [1.82, 2.24) is 0 Å². The number of fused-ring (bicyclic) bond motifs is 1. The van der Waals surface area contributed by atoms with Crippen LogP contribution in [0.1, 0.15) is 11.6 Å². The summed E-state index contributed by atoms with van der Waals surface area (Å²) in [5, 5.41) is 23.2. The first kappa shape index (κ1) is 16.3. The van der Waals surface area contributed by atoms with Crippen molar-refractivity contribution in [2.45, 2.75) is 12.1 Å². The van der Waals surface area contributed by atoms with Crippen LogP contribution >= 0.6 is 0 Å². The van der Waals surface area contributed by atoms with Crippen LogP contribution in [0.25, 0.3) is 0 Å². The standard InChI is InChI=1S/C19H16N2O5/c22-12-9-5-4-8-11(12)15-13-14(16(20-15)19(25)26)18(24)21(17(13)23)10-6-2-1-3-7-10/h1-9,13-16,20,22H,(H,25,26)/t13-,14+,15-,16-/m0/s1. The number of quaternary nitrogens is 1. The summed E-state index contributed by atoms with van der Waals surface area (Å²) < 4.78 is 0. The third kappa shape index (κ3) is 2.28. The van der Waals surface area contributed by atoms with E-state index in [0.29, 0.717) is 11.3 Å². The lowest BCUT2D eigenvalue weighted by Gasteiger charge is -2.21. The molecule has 0 spiro atoms. The van der Waals surface area contributed by atoms with E-state index in [9.17, 15) is 24.6 Å². The summed E-state index contributed by atoms with van der Waals surface area (Å²) in [6.07, 6.45) is 0. The van der Waals surface area contributed by atoms with Crippen molar-refractivity contribution in [3.05, 3.63) is 60.2 Å². The number of amides is 2. The first-order valence-electron chi connectivity index (χ1n) is 8.27. The number of phenolic OH excluding ortho intramolecular Hbond substituents is 1. The molecule has 4 atom stereocenters. The Balaban J connectivity index is 1.80. The number of nitrogens with zero attached hydrogens (tertiary/aromatic N) is 1. The zero-order valence-corrected chi connectivity index (χ0v) is 13.6. The highest BCUT2D eigenvalue weighted by molar-refractivity contribution is 6.23. The van der Waals surface area contributed by atoms with Crippen LogP contribution in [0.3, 0.4) is 0 Å². The van der Waals surface area contributed by atoms with Crippen molar-refractivity contribution in [3.63, 3.8) is 0 Å². The first-order chi connectivity index (χ1) is 12.5. The molecule has 2 amide bonds. The Morgan fingerprint density at radius 3 is 2.23 bits per heavy atom. The van der Waals surface area contributed by atoms with Crippen LogP contribution in [0, 0.1) is 11.8 Å². The van der Waals surface area contributed by atoms with Crippen LogP contribution in [0.15, 0.2) is 54.6 Å². The number of carbonyl (C=O) groups is 3. The second-order valence-corrected chi connectivity index (χ2v) is 6.52. The second kappa shape index (κ2) is 5.96. The molecular weight excluding hydrogens is 336 g/mol. The minimum Gasteiger partial charge on any atom is -0.544 e. The molecular formula is C19H16N2O5. The molecule has 0 saturated carbocycles. The Morgan fingerprint density at radius 2 is 1.58 bits per heavy atom. The molecule has 0 bridgehead atoms. The molecule has 2 aromatic rings. The molecule has 2 heterocycles. The van der Waals surface area contributed by atoms with Crippen LogP contribution in [0.2, 0.25) is 0 Å². The number of nitrogens with two attached hydrogens (primary N) is 1. The number of rotatable bonds is 3. The molecule has 2 aliphatic heterocycles. The number of carboxylic acid groups (broad SMARTS) is 1. The lowest BCUT2D eigenvalue weighted by molar-refractivity contribution is -0.705. The molecule has 4 rings (SSSR count). The summed E-state index contributed by atoms with van der Waals surface area (Å²) in [5.74, 6) is -4.34. The number of phenols is 1. The zero-order valence-electron chi connectivity index (χ0n) is 13.6. The van der Waals surface area contributed by atoms with Crippen molar-refractivity contribution in [2.75, 3.05) is 4.90 Å². The molecule has 3 N–H and O–H groups in total. The van der Waals surface area contributed by atoms with Gasteiger partial charge in [0.15, 0.2) is 0 Å². The maximum absolute atomic E-state index is 13.1. The number of hydrogen-bond acceptors (Lipinski definition) is 5. The molecule has 2 fully saturated rings. The van der Waals surface area contributed by atoms with Gasteiger partial charge < -0.3 is 20.3 Å². The van der Waals surface area contributed by atoms with Gasteiger partial charge in [0, 0.05) is 0 Å². The SMILES string of the molecule is O=C([O-])[C@H]1[NH2+][C@@H](c2ccccc2O)[C@H]2C(=O)N(c3ccccc3)C(=O)[C@H]21. The van der Waals surface area contributed by atoms with E-state index in [4.69, 9.17) is 0 Å².